The van der Waals surface area contributed by atoms with Crippen molar-refractivity contribution in [2.75, 3.05) is 27.4 Å². The highest BCUT2D eigenvalue weighted by molar-refractivity contribution is 5.68. The zero-order chi connectivity index (χ0) is 23.3. The third kappa shape index (κ3) is 5.61. The second-order valence-electron chi connectivity index (χ2n) is 10.1. The van der Waals surface area contributed by atoms with Gasteiger partial charge in [-0.25, -0.2) is 4.79 Å². The zero-order valence-electron chi connectivity index (χ0n) is 20.7. The lowest BCUT2D eigenvalue weighted by atomic mass is 9.66. The fourth-order valence-electron chi connectivity index (χ4n) is 5.59. The number of rotatable bonds is 7. The van der Waals surface area contributed by atoms with Crippen LogP contribution in [0.1, 0.15) is 66.2 Å². The van der Waals surface area contributed by atoms with Crippen LogP contribution in [0.25, 0.3) is 0 Å². The molecule has 1 saturated carbocycles. The van der Waals surface area contributed by atoms with E-state index in [0.29, 0.717) is 18.3 Å². The molecule has 3 unspecified atom stereocenters. The van der Waals surface area contributed by atoms with Crippen LogP contribution >= 0.6 is 0 Å². The highest BCUT2D eigenvalue weighted by atomic mass is 16.6. The second-order valence-corrected chi connectivity index (χ2v) is 10.1. The molecule has 0 radical (unpaired) electrons. The van der Waals surface area contributed by atoms with E-state index in [2.05, 4.69) is 45.8 Å². The molecular formula is C26H41NO5. The number of hydrogen-bond donors (Lipinski definition) is 0. The number of ether oxygens (including phenoxy) is 4. The minimum absolute atomic E-state index is 0.0895. The van der Waals surface area contributed by atoms with Crippen LogP contribution in [0.4, 0.5) is 4.79 Å². The van der Waals surface area contributed by atoms with Crippen molar-refractivity contribution < 1.29 is 23.7 Å². The number of nitrogens with zero attached hydrogens (tertiary/aromatic N) is 1. The quantitative estimate of drug-likeness (QED) is 0.319. The van der Waals surface area contributed by atoms with Crippen molar-refractivity contribution in [2.45, 2.75) is 90.1 Å². The maximum absolute atomic E-state index is 13.1. The molecule has 0 N–H and O–H groups in total. The van der Waals surface area contributed by atoms with Crippen molar-refractivity contribution in [3.8, 4) is 12.0 Å². The van der Waals surface area contributed by atoms with Crippen molar-refractivity contribution >= 4 is 6.09 Å². The number of methoxy groups -OCH3 is 2. The molecule has 0 aromatic heterocycles. The molecule has 1 spiro atoms. The molecule has 0 aromatic rings. The van der Waals surface area contributed by atoms with E-state index in [1.807, 2.05) is 4.90 Å². The summed E-state index contributed by atoms with van der Waals surface area (Å²) in [7, 11) is 3.29. The summed E-state index contributed by atoms with van der Waals surface area (Å²) in [4.78, 5) is 15.0. The monoisotopic (exact) mass is 447 g/mol. The Morgan fingerprint density at radius 1 is 1.28 bits per heavy atom. The van der Waals surface area contributed by atoms with Gasteiger partial charge in [-0.3, -0.25) is 0 Å². The van der Waals surface area contributed by atoms with Gasteiger partial charge in [0, 0.05) is 32.0 Å². The molecule has 180 valence electrons. The third-order valence-electron chi connectivity index (χ3n) is 7.70. The number of carbonyl (C=O) groups excluding carboxylic acids is 1. The van der Waals surface area contributed by atoms with Gasteiger partial charge < -0.3 is 23.8 Å². The molecule has 32 heavy (non-hydrogen) atoms. The first-order valence-electron chi connectivity index (χ1n) is 12.1. The van der Waals surface area contributed by atoms with Crippen LogP contribution in [0.3, 0.4) is 0 Å². The molecule has 2 aliphatic heterocycles. The van der Waals surface area contributed by atoms with Gasteiger partial charge in [0.15, 0.2) is 0 Å². The minimum Gasteiger partial charge on any atom is -0.450 e. The smallest absolute Gasteiger partial charge is 0.410 e. The molecule has 1 aliphatic carbocycles. The van der Waals surface area contributed by atoms with Crippen LogP contribution in [0.5, 0.6) is 0 Å². The van der Waals surface area contributed by atoms with E-state index in [-0.39, 0.29) is 35.9 Å². The van der Waals surface area contributed by atoms with Crippen LogP contribution in [0.2, 0.25) is 0 Å². The Morgan fingerprint density at radius 2 is 2.03 bits per heavy atom. The molecule has 7 atom stereocenters. The van der Waals surface area contributed by atoms with Crippen LogP contribution in [-0.2, 0) is 18.9 Å². The molecule has 0 bridgehead atoms. The Labute approximate surface area is 194 Å². The SMILES string of the molecule is COC#CC[C@@H]1CCCN1C(=O)OC1CC[C@]2(CO2)C([C@H](C)[C@H](C)CC=C(C)C)C1OC. The van der Waals surface area contributed by atoms with Gasteiger partial charge in [0.05, 0.1) is 19.3 Å². The van der Waals surface area contributed by atoms with E-state index in [4.69, 9.17) is 18.9 Å². The number of carbonyl (C=O) groups is 1. The standard InChI is InChI=1S/C26H41NO5/c1-18(2)11-12-19(3)20(4)23-24(30-6)22(13-14-26(23)17-31-26)32-25(28)27-15-7-9-21(27)10-8-16-29-5/h11,19-24H,7,9-10,12-15,17H2,1-6H3/t19-,20-,21+,22?,23?,24?,26+/m1/s1. The summed E-state index contributed by atoms with van der Waals surface area (Å²) in [6, 6.07) is 0.0895. The van der Waals surface area contributed by atoms with Gasteiger partial charge in [-0.2, -0.15) is 0 Å². The summed E-state index contributed by atoms with van der Waals surface area (Å²) in [5.74, 6) is 4.08. The third-order valence-corrected chi connectivity index (χ3v) is 7.70. The number of hydrogen-bond acceptors (Lipinski definition) is 5. The van der Waals surface area contributed by atoms with Crippen molar-refractivity contribution in [3.05, 3.63) is 11.6 Å². The van der Waals surface area contributed by atoms with Crippen LogP contribution < -0.4 is 0 Å². The van der Waals surface area contributed by atoms with Gasteiger partial charge in [0.25, 0.3) is 0 Å². The van der Waals surface area contributed by atoms with E-state index in [1.54, 1.807) is 14.2 Å². The largest absolute Gasteiger partial charge is 0.450 e. The molecule has 2 saturated heterocycles. The summed E-state index contributed by atoms with van der Waals surface area (Å²) in [5, 5.41) is 0. The Hall–Kier alpha value is -1.71. The average molecular weight is 448 g/mol. The maximum atomic E-state index is 13.1. The fraction of sp³-hybridized carbons (Fsp3) is 0.808. The molecule has 3 rings (SSSR count). The van der Waals surface area contributed by atoms with Crippen molar-refractivity contribution in [2.24, 2.45) is 17.8 Å². The predicted octanol–water partition coefficient (Wildman–Crippen LogP) is 4.78. The van der Waals surface area contributed by atoms with E-state index in [0.717, 1.165) is 45.3 Å². The maximum Gasteiger partial charge on any atom is 0.410 e. The van der Waals surface area contributed by atoms with Crippen molar-refractivity contribution in [3.63, 3.8) is 0 Å². The average Bonchev–Trinajstić information content (AvgIpc) is 3.38. The summed E-state index contributed by atoms with van der Waals surface area (Å²) < 4.78 is 23.0. The van der Waals surface area contributed by atoms with Gasteiger partial charge in [0.2, 0.25) is 0 Å². The van der Waals surface area contributed by atoms with Gasteiger partial charge in [-0.15, -0.1) is 0 Å². The number of amides is 1. The molecule has 3 aliphatic rings. The number of epoxide rings is 1. The van der Waals surface area contributed by atoms with E-state index >= 15 is 0 Å². The van der Waals surface area contributed by atoms with E-state index < -0.39 is 0 Å². The number of likely N-dealkylation sites (tertiary alicyclic amines) is 1. The summed E-state index contributed by atoms with van der Waals surface area (Å²) in [6.45, 7) is 10.4. The summed E-state index contributed by atoms with van der Waals surface area (Å²) >= 11 is 0. The molecule has 6 heteroatoms. The van der Waals surface area contributed by atoms with Crippen LogP contribution in [0.15, 0.2) is 11.6 Å². The topological polar surface area (TPSA) is 60.5 Å². The van der Waals surface area contributed by atoms with Gasteiger partial charge in [-0.1, -0.05) is 31.4 Å². The minimum atomic E-state index is -0.253. The lowest BCUT2D eigenvalue weighted by molar-refractivity contribution is -0.123. The van der Waals surface area contributed by atoms with Crippen LogP contribution in [0, 0.1) is 29.8 Å². The van der Waals surface area contributed by atoms with Crippen molar-refractivity contribution in [1.29, 1.82) is 0 Å². The first kappa shape index (κ1) is 24.9. The van der Waals surface area contributed by atoms with Gasteiger partial charge in [-0.05, 0) is 57.8 Å². The second kappa shape index (κ2) is 10.9. The lowest BCUT2D eigenvalue weighted by Gasteiger charge is -2.45. The molecular weight excluding hydrogens is 406 g/mol. The highest BCUT2D eigenvalue weighted by Gasteiger charge is 2.61. The normalized spacial score (nSPS) is 33.1. The molecule has 0 aromatic carbocycles. The van der Waals surface area contributed by atoms with E-state index in [1.165, 1.54) is 5.57 Å². The lowest BCUT2D eigenvalue weighted by Crippen LogP contribution is -2.54. The molecule has 2 heterocycles. The van der Waals surface area contributed by atoms with Crippen molar-refractivity contribution in [1.82, 2.24) is 4.90 Å². The zero-order valence-corrected chi connectivity index (χ0v) is 20.7. The highest BCUT2D eigenvalue weighted by Crippen LogP contribution is 2.52. The van der Waals surface area contributed by atoms with Gasteiger partial charge >= 0.3 is 6.09 Å². The van der Waals surface area contributed by atoms with Gasteiger partial charge in [0.1, 0.15) is 18.3 Å². The first-order chi connectivity index (χ1) is 15.3. The Bertz CT molecular complexity index is 730. The Morgan fingerprint density at radius 3 is 2.66 bits per heavy atom. The number of allylic oxidation sites excluding steroid dienone is 2. The first-order valence-corrected chi connectivity index (χ1v) is 12.1. The van der Waals surface area contributed by atoms with E-state index in [9.17, 15) is 4.79 Å². The predicted molar refractivity (Wildman–Crippen MR) is 124 cm³/mol. The summed E-state index contributed by atoms with van der Waals surface area (Å²) in [6.07, 6.45) is 9.55. The Balaban J connectivity index is 1.69. The van der Waals surface area contributed by atoms with Crippen LogP contribution in [-0.4, -0.2) is 62.2 Å². The molecule has 6 nitrogen and oxygen atoms in total. The molecule has 3 fully saturated rings. The fourth-order valence-corrected chi connectivity index (χ4v) is 5.59. The summed E-state index contributed by atoms with van der Waals surface area (Å²) in [5.41, 5.74) is 1.23. The Kier molecular flexibility index (Phi) is 8.52. The molecule has 1 amide bonds.